The van der Waals surface area contributed by atoms with Gasteiger partial charge in [0.25, 0.3) is 0 Å². The van der Waals surface area contributed by atoms with E-state index in [4.69, 9.17) is 0 Å². The molecule has 0 saturated carbocycles. The lowest BCUT2D eigenvalue weighted by molar-refractivity contribution is 0.0845. The topological polar surface area (TPSA) is 73.8 Å². The van der Waals surface area contributed by atoms with Crippen LogP contribution in [0.25, 0.3) is 11.3 Å². The number of aromatic amines is 1. The van der Waals surface area contributed by atoms with Gasteiger partial charge >= 0.3 is 0 Å². The second kappa shape index (κ2) is 6.88. The summed E-state index contributed by atoms with van der Waals surface area (Å²) >= 11 is 1.63. The van der Waals surface area contributed by atoms with Gasteiger partial charge < -0.3 is 10.4 Å². The molecule has 1 atom stereocenters. The number of nitrogens with zero attached hydrogens (tertiary/aromatic N) is 2. The van der Waals surface area contributed by atoms with Crippen molar-refractivity contribution in [1.82, 2.24) is 20.7 Å². The molecule has 5 nitrogen and oxygen atoms in total. The van der Waals surface area contributed by atoms with Crippen molar-refractivity contribution in [2.45, 2.75) is 19.1 Å². The largest absolute Gasteiger partial charge is 0.388 e. The van der Waals surface area contributed by atoms with Gasteiger partial charge in [0, 0.05) is 24.4 Å². The highest BCUT2D eigenvalue weighted by atomic mass is 32.2. The molecule has 1 unspecified atom stereocenters. The molecule has 6 heteroatoms. The van der Waals surface area contributed by atoms with Crippen LogP contribution in [0.5, 0.6) is 0 Å². The van der Waals surface area contributed by atoms with Gasteiger partial charge in [-0.25, -0.2) is 0 Å². The molecule has 3 N–H and O–H groups in total. The van der Waals surface area contributed by atoms with Crippen molar-refractivity contribution in [3.8, 4) is 11.3 Å². The van der Waals surface area contributed by atoms with Crippen LogP contribution in [0, 0.1) is 0 Å². The van der Waals surface area contributed by atoms with Gasteiger partial charge in [0.05, 0.1) is 5.60 Å². The molecule has 2 aromatic rings. The van der Waals surface area contributed by atoms with E-state index in [1.165, 1.54) is 0 Å². The highest BCUT2D eigenvalue weighted by Gasteiger charge is 2.19. The molecule has 0 aliphatic rings. The monoisotopic (exact) mass is 292 g/mol. The van der Waals surface area contributed by atoms with E-state index < -0.39 is 5.60 Å². The summed E-state index contributed by atoms with van der Waals surface area (Å²) in [6.45, 7) is 2.93. The number of H-pyrrole nitrogens is 1. The third-order valence-corrected chi connectivity index (χ3v) is 3.83. The van der Waals surface area contributed by atoms with E-state index in [1.54, 1.807) is 11.8 Å². The Morgan fingerprint density at radius 2 is 2.05 bits per heavy atom. The maximum Gasteiger partial charge on any atom is 0.117 e. The van der Waals surface area contributed by atoms with Crippen LogP contribution >= 0.6 is 11.8 Å². The molecular weight excluding hydrogens is 272 g/mol. The van der Waals surface area contributed by atoms with E-state index in [1.807, 2.05) is 43.5 Å². The first-order chi connectivity index (χ1) is 9.62. The Balaban J connectivity index is 1.97. The van der Waals surface area contributed by atoms with Gasteiger partial charge in [-0.05, 0) is 13.2 Å². The summed E-state index contributed by atoms with van der Waals surface area (Å²) in [6, 6.07) is 9.94. The van der Waals surface area contributed by atoms with Crippen molar-refractivity contribution in [2.24, 2.45) is 0 Å². The maximum absolute atomic E-state index is 10.1. The van der Waals surface area contributed by atoms with Crippen LogP contribution in [0.1, 0.15) is 12.6 Å². The first-order valence-corrected chi connectivity index (χ1v) is 7.89. The number of hydrogen-bond acceptors (Lipinski definition) is 5. The van der Waals surface area contributed by atoms with Crippen molar-refractivity contribution < 1.29 is 5.11 Å². The molecule has 108 valence electrons. The van der Waals surface area contributed by atoms with Crippen molar-refractivity contribution in [2.75, 3.05) is 18.6 Å². The Hall–Kier alpha value is -1.37. The lowest BCUT2D eigenvalue weighted by atomic mass is 10.1. The fraction of sp³-hybridized carbons (Fsp3) is 0.429. The summed E-state index contributed by atoms with van der Waals surface area (Å²) < 4.78 is 0. The van der Waals surface area contributed by atoms with E-state index >= 15 is 0 Å². The van der Waals surface area contributed by atoms with Crippen LogP contribution in [0.2, 0.25) is 0 Å². The van der Waals surface area contributed by atoms with Gasteiger partial charge in [-0.15, -0.1) is 0 Å². The SMILES string of the molecule is CSCC(C)(O)CNCc1n[nH]nc1-c1ccccc1. The van der Waals surface area contributed by atoms with E-state index in [-0.39, 0.29) is 0 Å². The van der Waals surface area contributed by atoms with Gasteiger partial charge in [-0.3, -0.25) is 0 Å². The summed E-state index contributed by atoms with van der Waals surface area (Å²) in [5, 5.41) is 24.4. The summed E-state index contributed by atoms with van der Waals surface area (Å²) in [5.41, 5.74) is 2.03. The van der Waals surface area contributed by atoms with Crippen molar-refractivity contribution in [3.05, 3.63) is 36.0 Å². The Bertz CT molecular complexity index is 527. The third kappa shape index (κ3) is 4.06. The van der Waals surface area contributed by atoms with Gasteiger partial charge in [0.2, 0.25) is 0 Å². The molecule has 1 aromatic carbocycles. The molecule has 0 radical (unpaired) electrons. The molecule has 0 aliphatic heterocycles. The number of aliphatic hydroxyl groups is 1. The molecule has 0 aliphatic carbocycles. The zero-order valence-electron chi connectivity index (χ0n) is 11.8. The Morgan fingerprint density at radius 1 is 1.30 bits per heavy atom. The lowest BCUT2D eigenvalue weighted by Crippen LogP contribution is -2.39. The first kappa shape index (κ1) is 15.0. The minimum atomic E-state index is -0.712. The van der Waals surface area contributed by atoms with Gasteiger partial charge in [0.1, 0.15) is 11.4 Å². The minimum Gasteiger partial charge on any atom is -0.388 e. The second-order valence-electron chi connectivity index (χ2n) is 5.02. The van der Waals surface area contributed by atoms with Crippen LogP contribution in [-0.4, -0.2) is 44.7 Å². The minimum absolute atomic E-state index is 0.523. The van der Waals surface area contributed by atoms with Crippen LogP contribution in [0.3, 0.4) is 0 Å². The molecular formula is C14H20N4OS. The number of rotatable bonds is 7. The number of nitrogens with one attached hydrogen (secondary N) is 2. The fourth-order valence-electron chi connectivity index (χ4n) is 2.02. The zero-order valence-corrected chi connectivity index (χ0v) is 12.6. The van der Waals surface area contributed by atoms with Crippen molar-refractivity contribution >= 4 is 11.8 Å². The van der Waals surface area contributed by atoms with E-state index in [9.17, 15) is 5.11 Å². The third-order valence-electron chi connectivity index (χ3n) is 2.92. The Kier molecular flexibility index (Phi) is 5.17. The smallest absolute Gasteiger partial charge is 0.117 e. The average Bonchev–Trinajstić information content (AvgIpc) is 2.88. The highest BCUT2D eigenvalue weighted by molar-refractivity contribution is 7.98. The number of benzene rings is 1. The van der Waals surface area contributed by atoms with Crippen LogP contribution < -0.4 is 5.32 Å². The Morgan fingerprint density at radius 3 is 2.75 bits per heavy atom. The normalized spacial score (nSPS) is 14.2. The van der Waals surface area contributed by atoms with Crippen molar-refractivity contribution in [3.63, 3.8) is 0 Å². The molecule has 0 fully saturated rings. The number of aromatic nitrogens is 3. The average molecular weight is 292 g/mol. The van der Waals surface area contributed by atoms with Gasteiger partial charge in [0.15, 0.2) is 0 Å². The van der Waals surface area contributed by atoms with Crippen LogP contribution in [0.15, 0.2) is 30.3 Å². The Labute approximate surface area is 123 Å². The van der Waals surface area contributed by atoms with E-state index in [0.29, 0.717) is 18.8 Å². The van der Waals surface area contributed by atoms with E-state index in [2.05, 4.69) is 20.7 Å². The fourth-order valence-corrected chi connectivity index (χ4v) is 2.74. The summed E-state index contributed by atoms with van der Waals surface area (Å²) in [5.74, 6) is 0.699. The summed E-state index contributed by atoms with van der Waals surface area (Å²) in [7, 11) is 0. The summed E-state index contributed by atoms with van der Waals surface area (Å²) in [6.07, 6.45) is 1.99. The molecule has 0 saturated heterocycles. The molecule has 2 rings (SSSR count). The zero-order chi connectivity index (χ0) is 14.4. The standard InChI is InChI=1S/C14H20N4OS/c1-14(19,10-20-2)9-15-8-12-13(17-18-16-12)11-6-4-3-5-7-11/h3-7,15,19H,8-10H2,1-2H3,(H,16,17,18). The number of hydrogen-bond donors (Lipinski definition) is 3. The van der Waals surface area contributed by atoms with E-state index in [0.717, 1.165) is 17.0 Å². The molecule has 0 bridgehead atoms. The molecule has 1 aromatic heterocycles. The quantitative estimate of drug-likeness (QED) is 0.724. The highest BCUT2D eigenvalue weighted by Crippen LogP contribution is 2.18. The molecule has 20 heavy (non-hydrogen) atoms. The predicted molar refractivity (Wildman–Crippen MR) is 82.5 cm³/mol. The summed E-state index contributed by atoms with van der Waals surface area (Å²) in [4.78, 5) is 0. The predicted octanol–water partition coefficient (Wildman–Crippen LogP) is 1.68. The van der Waals surface area contributed by atoms with Crippen LogP contribution in [-0.2, 0) is 6.54 Å². The maximum atomic E-state index is 10.1. The van der Waals surface area contributed by atoms with Crippen molar-refractivity contribution in [1.29, 1.82) is 0 Å². The van der Waals surface area contributed by atoms with Crippen LogP contribution in [0.4, 0.5) is 0 Å². The number of thioether (sulfide) groups is 1. The second-order valence-corrected chi connectivity index (χ2v) is 5.88. The lowest BCUT2D eigenvalue weighted by Gasteiger charge is -2.22. The molecule has 0 spiro atoms. The van der Waals surface area contributed by atoms with Gasteiger partial charge in [-0.2, -0.15) is 27.2 Å². The molecule has 1 heterocycles. The molecule has 0 amide bonds. The first-order valence-electron chi connectivity index (χ1n) is 6.49. The van der Waals surface area contributed by atoms with Gasteiger partial charge in [-0.1, -0.05) is 30.3 Å².